The number of carbonyl (C=O) groups is 2. The van der Waals surface area contributed by atoms with E-state index in [1.54, 1.807) is 41.6 Å². The van der Waals surface area contributed by atoms with Gasteiger partial charge < -0.3 is 10.6 Å². The molecule has 39 heavy (non-hydrogen) atoms. The predicted octanol–water partition coefficient (Wildman–Crippen LogP) is 3.67. The monoisotopic (exact) mass is 536 g/mol. The average Bonchev–Trinajstić information content (AvgIpc) is 3.29. The molecule has 1 fully saturated rings. The number of imidazole rings is 1. The second-order valence-corrected chi connectivity index (χ2v) is 10.7. The van der Waals surface area contributed by atoms with E-state index in [9.17, 15) is 14.0 Å². The van der Waals surface area contributed by atoms with Gasteiger partial charge in [-0.2, -0.15) is 5.10 Å². The zero-order valence-electron chi connectivity index (χ0n) is 23.6. The van der Waals surface area contributed by atoms with Crippen LogP contribution in [0.3, 0.4) is 0 Å². The molecule has 1 saturated heterocycles. The SMILES string of the molecule is CC(N)=NC(=N)C(=O)N1CCN(C)C(C)(C)C1.Cc1cc(-c2cc(C(C)C)c3nc(C=O)cn3n2)ccc1F. The van der Waals surface area contributed by atoms with Crippen molar-refractivity contribution < 1.29 is 14.0 Å². The van der Waals surface area contributed by atoms with Crippen LogP contribution in [0.25, 0.3) is 16.9 Å². The van der Waals surface area contributed by atoms with E-state index >= 15 is 0 Å². The Morgan fingerprint density at radius 2 is 1.95 bits per heavy atom. The molecule has 0 bridgehead atoms. The van der Waals surface area contributed by atoms with Gasteiger partial charge in [-0.1, -0.05) is 13.8 Å². The molecule has 0 spiro atoms. The van der Waals surface area contributed by atoms with Crippen molar-refractivity contribution >= 4 is 29.5 Å². The molecule has 0 atom stereocenters. The van der Waals surface area contributed by atoms with Gasteiger partial charge in [0, 0.05) is 36.3 Å². The summed E-state index contributed by atoms with van der Waals surface area (Å²) in [5, 5.41) is 12.1. The number of amides is 1. The van der Waals surface area contributed by atoms with E-state index in [0.29, 0.717) is 36.3 Å². The zero-order valence-corrected chi connectivity index (χ0v) is 23.6. The maximum atomic E-state index is 13.4. The number of likely N-dealkylation sites (N-methyl/N-ethyl adjacent to an activating group) is 1. The molecular formula is C28H37FN8O2. The molecule has 0 aliphatic carbocycles. The fraction of sp³-hybridized carbons (Fsp3) is 0.429. The van der Waals surface area contributed by atoms with Gasteiger partial charge in [0.1, 0.15) is 11.5 Å². The molecule has 0 saturated carbocycles. The summed E-state index contributed by atoms with van der Waals surface area (Å²) in [6, 6.07) is 6.87. The van der Waals surface area contributed by atoms with Crippen molar-refractivity contribution in [2.24, 2.45) is 10.7 Å². The Kier molecular flexibility index (Phi) is 8.96. The van der Waals surface area contributed by atoms with Gasteiger partial charge in [0.25, 0.3) is 5.91 Å². The van der Waals surface area contributed by atoms with Crippen LogP contribution in [0.1, 0.15) is 62.2 Å². The van der Waals surface area contributed by atoms with Crippen LogP contribution in [0.2, 0.25) is 0 Å². The molecule has 1 aliphatic heterocycles. The Bertz CT molecular complexity index is 1420. The highest BCUT2D eigenvalue weighted by Gasteiger charge is 2.34. The Morgan fingerprint density at radius 3 is 2.51 bits per heavy atom. The lowest BCUT2D eigenvalue weighted by molar-refractivity contribution is -0.128. The number of carbonyl (C=O) groups excluding carboxylic acids is 2. The lowest BCUT2D eigenvalue weighted by Gasteiger charge is -2.45. The first-order valence-electron chi connectivity index (χ1n) is 12.8. The Hall–Kier alpha value is -3.99. The van der Waals surface area contributed by atoms with Crippen LogP contribution in [0.15, 0.2) is 35.5 Å². The largest absolute Gasteiger partial charge is 0.387 e. The maximum absolute atomic E-state index is 13.4. The van der Waals surface area contributed by atoms with E-state index < -0.39 is 0 Å². The van der Waals surface area contributed by atoms with Gasteiger partial charge in [-0.15, -0.1) is 0 Å². The summed E-state index contributed by atoms with van der Waals surface area (Å²) in [6.07, 6.45) is 2.31. The number of aromatic nitrogens is 3. The first-order chi connectivity index (χ1) is 18.2. The van der Waals surface area contributed by atoms with Gasteiger partial charge in [0.05, 0.1) is 17.7 Å². The summed E-state index contributed by atoms with van der Waals surface area (Å²) in [5.41, 5.74) is 9.46. The molecule has 0 unspecified atom stereocenters. The maximum Gasteiger partial charge on any atom is 0.291 e. The van der Waals surface area contributed by atoms with Crippen LogP contribution < -0.4 is 5.73 Å². The van der Waals surface area contributed by atoms with Gasteiger partial charge in [-0.05, 0) is 70.5 Å². The summed E-state index contributed by atoms with van der Waals surface area (Å²) < 4.78 is 15.1. The van der Waals surface area contributed by atoms with E-state index in [1.807, 2.05) is 13.1 Å². The number of nitrogens with one attached hydrogen (secondary N) is 1. The third-order valence-electron chi connectivity index (χ3n) is 6.76. The number of hydrogen-bond donors (Lipinski definition) is 2. The predicted molar refractivity (Wildman–Crippen MR) is 151 cm³/mol. The number of nitrogens with zero attached hydrogens (tertiary/aromatic N) is 6. The summed E-state index contributed by atoms with van der Waals surface area (Å²) in [5.74, 6) is -0.412. The number of nitrogens with two attached hydrogens (primary N) is 1. The molecule has 3 heterocycles. The van der Waals surface area contributed by atoms with E-state index in [2.05, 4.69) is 47.7 Å². The summed E-state index contributed by atoms with van der Waals surface area (Å²) in [4.78, 5) is 34.7. The standard InChI is InChI=1S/C17H16FN3O.C11H21N5O/c1-10(2)14-7-16(12-4-5-15(18)11(3)6-12)20-21-8-13(9-22)19-17(14)21;1-8(12)14-9(13)10(17)16-6-5-15(4)11(2,3)7-16/h4-10H,1-3H3;5-7H2,1-4H3,(H3,12,13,14). The summed E-state index contributed by atoms with van der Waals surface area (Å²) >= 11 is 0. The van der Waals surface area contributed by atoms with Crippen molar-refractivity contribution in [1.29, 1.82) is 5.41 Å². The quantitative estimate of drug-likeness (QED) is 0.298. The second-order valence-electron chi connectivity index (χ2n) is 10.7. The molecular weight excluding hydrogens is 499 g/mol. The number of aryl methyl sites for hydroxylation is 1. The minimum atomic E-state index is -0.351. The van der Waals surface area contributed by atoms with Gasteiger partial charge in [0.2, 0.25) is 5.84 Å². The normalized spacial score (nSPS) is 15.7. The van der Waals surface area contributed by atoms with Crippen LogP contribution in [-0.2, 0) is 4.79 Å². The molecule has 3 N–H and O–H groups in total. The number of piperazine rings is 1. The number of fused-ring (bicyclic) bond motifs is 1. The Morgan fingerprint density at radius 1 is 1.26 bits per heavy atom. The zero-order chi connectivity index (χ0) is 29.1. The molecule has 2 aromatic heterocycles. The molecule has 0 radical (unpaired) electrons. The number of rotatable bonds is 3. The third-order valence-corrected chi connectivity index (χ3v) is 6.76. The molecule has 208 valence electrons. The first-order valence-corrected chi connectivity index (χ1v) is 12.8. The summed E-state index contributed by atoms with van der Waals surface area (Å²) in [7, 11) is 2.04. The average molecular weight is 537 g/mol. The van der Waals surface area contributed by atoms with Crippen molar-refractivity contribution in [2.75, 3.05) is 26.7 Å². The number of halogens is 1. The third kappa shape index (κ3) is 6.91. The minimum Gasteiger partial charge on any atom is -0.387 e. The van der Waals surface area contributed by atoms with Crippen molar-refractivity contribution in [3.8, 4) is 11.3 Å². The van der Waals surface area contributed by atoms with Crippen LogP contribution in [-0.4, -0.2) is 80.5 Å². The Balaban J connectivity index is 0.000000224. The molecule has 1 aromatic carbocycles. The molecule has 4 rings (SSSR count). The van der Waals surface area contributed by atoms with Crippen molar-refractivity contribution in [1.82, 2.24) is 24.4 Å². The van der Waals surface area contributed by atoms with Crippen molar-refractivity contribution in [3.05, 3.63) is 53.1 Å². The number of hydrogen-bond acceptors (Lipinski definition) is 6. The smallest absolute Gasteiger partial charge is 0.291 e. The second kappa shape index (κ2) is 11.8. The minimum absolute atomic E-state index is 0.0737. The van der Waals surface area contributed by atoms with Crippen LogP contribution >= 0.6 is 0 Å². The van der Waals surface area contributed by atoms with Gasteiger partial charge in [0.15, 0.2) is 11.9 Å². The Labute approximate surface area is 228 Å². The fourth-order valence-electron chi connectivity index (χ4n) is 4.23. The van der Waals surface area contributed by atoms with E-state index in [4.69, 9.17) is 11.1 Å². The van der Waals surface area contributed by atoms with Crippen LogP contribution in [0.4, 0.5) is 4.39 Å². The first kappa shape index (κ1) is 29.6. The fourth-order valence-corrected chi connectivity index (χ4v) is 4.23. The highest BCUT2D eigenvalue weighted by Crippen LogP contribution is 2.26. The van der Waals surface area contributed by atoms with E-state index in [-0.39, 0.29) is 34.9 Å². The summed E-state index contributed by atoms with van der Waals surface area (Å²) in [6.45, 7) is 13.6. The molecule has 10 nitrogen and oxygen atoms in total. The van der Waals surface area contributed by atoms with E-state index in [0.717, 1.165) is 23.4 Å². The number of benzene rings is 1. The lowest BCUT2D eigenvalue weighted by atomic mass is 10.00. The van der Waals surface area contributed by atoms with Crippen molar-refractivity contribution in [2.45, 2.75) is 53.0 Å². The molecule has 11 heteroatoms. The molecule has 1 aliphatic rings. The van der Waals surface area contributed by atoms with Crippen LogP contribution in [0.5, 0.6) is 0 Å². The van der Waals surface area contributed by atoms with Gasteiger partial charge in [-0.3, -0.25) is 19.9 Å². The highest BCUT2D eigenvalue weighted by molar-refractivity contribution is 6.38. The van der Waals surface area contributed by atoms with E-state index in [1.165, 1.54) is 6.07 Å². The molecule has 1 amide bonds. The molecule has 3 aromatic rings. The topological polar surface area (TPSA) is 133 Å². The van der Waals surface area contributed by atoms with Crippen molar-refractivity contribution in [3.63, 3.8) is 0 Å². The van der Waals surface area contributed by atoms with Gasteiger partial charge >= 0.3 is 0 Å². The highest BCUT2D eigenvalue weighted by atomic mass is 19.1. The lowest BCUT2D eigenvalue weighted by Crippen LogP contribution is -2.59. The number of amidine groups is 2. The number of aliphatic imine (C=N–C) groups is 1. The van der Waals surface area contributed by atoms with Crippen LogP contribution in [0, 0.1) is 18.2 Å². The number of aldehydes is 1. The van der Waals surface area contributed by atoms with Gasteiger partial charge in [-0.25, -0.2) is 18.9 Å².